The standard InChI is InChI=1S/C25H32O7/c1-14(26)31-13-21(29)25(30)10-8-19-18-6-5-16-11-17(28)7-9-23(16,3)22(18)20(32-15(2)27)12-24(19,25)4/h7,9,11,18-20,22,30H,5-6,8,10,12-13H2,1-4H3/t18?,19?,20?,22?,23-,24-,25-/m0/s1. The predicted octanol–water partition coefficient (Wildman–Crippen LogP) is 2.70. The van der Waals surface area contributed by atoms with Crippen molar-refractivity contribution in [1.29, 1.82) is 0 Å². The van der Waals surface area contributed by atoms with E-state index in [1.165, 1.54) is 13.8 Å². The summed E-state index contributed by atoms with van der Waals surface area (Å²) < 4.78 is 10.8. The molecule has 0 heterocycles. The minimum Gasteiger partial charge on any atom is -0.462 e. The van der Waals surface area contributed by atoms with Crippen LogP contribution in [0.3, 0.4) is 0 Å². The Hall–Kier alpha value is -2.28. The molecule has 4 aliphatic carbocycles. The summed E-state index contributed by atoms with van der Waals surface area (Å²) in [6.07, 6.45) is 7.62. The fraction of sp³-hybridized carbons (Fsp3) is 0.680. The Morgan fingerprint density at radius 3 is 2.53 bits per heavy atom. The van der Waals surface area contributed by atoms with Crippen molar-refractivity contribution in [2.45, 2.75) is 71.5 Å². The van der Waals surface area contributed by atoms with E-state index in [-0.39, 0.29) is 30.0 Å². The Bertz CT molecular complexity index is 933. The average Bonchev–Trinajstić information content (AvgIpc) is 2.97. The smallest absolute Gasteiger partial charge is 0.303 e. The van der Waals surface area contributed by atoms with Crippen LogP contribution in [0.5, 0.6) is 0 Å². The maximum Gasteiger partial charge on any atom is 0.303 e. The van der Waals surface area contributed by atoms with E-state index in [0.29, 0.717) is 12.8 Å². The highest BCUT2D eigenvalue weighted by Gasteiger charge is 2.68. The van der Waals surface area contributed by atoms with Gasteiger partial charge in [0.05, 0.1) is 0 Å². The van der Waals surface area contributed by atoms with Crippen molar-refractivity contribution in [3.05, 3.63) is 23.8 Å². The van der Waals surface area contributed by atoms with Gasteiger partial charge >= 0.3 is 11.9 Å². The van der Waals surface area contributed by atoms with E-state index in [1.54, 1.807) is 12.2 Å². The van der Waals surface area contributed by atoms with E-state index in [0.717, 1.165) is 18.4 Å². The van der Waals surface area contributed by atoms with Gasteiger partial charge in [0.1, 0.15) is 11.7 Å². The zero-order valence-electron chi connectivity index (χ0n) is 19.2. The molecule has 0 aliphatic heterocycles. The molecule has 4 aliphatic rings. The Balaban J connectivity index is 1.73. The molecule has 1 N–H and O–H groups in total. The number of rotatable bonds is 4. The second-order valence-electron chi connectivity index (χ2n) is 10.4. The first-order valence-corrected chi connectivity index (χ1v) is 11.4. The van der Waals surface area contributed by atoms with Gasteiger partial charge in [-0.15, -0.1) is 0 Å². The van der Waals surface area contributed by atoms with Crippen LogP contribution in [0.25, 0.3) is 0 Å². The summed E-state index contributed by atoms with van der Waals surface area (Å²) in [5.74, 6) is -1.36. The molecule has 32 heavy (non-hydrogen) atoms. The Labute approximate surface area is 188 Å². The van der Waals surface area contributed by atoms with E-state index in [1.807, 2.05) is 13.0 Å². The Morgan fingerprint density at radius 2 is 1.88 bits per heavy atom. The monoisotopic (exact) mass is 444 g/mol. The number of carbonyl (C=O) groups is 4. The molecule has 0 amide bonds. The quantitative estimate of drug-likeness (QED) is 0.664. The van der Waals surface area contributed by atoms with Crippen LogP contribution in [0.4, 0.5) is 0 Å². The lowest BCUT2D eigenvalue weighted by molar-refractivity contribution is -0.192. The fourth-order valence-corrected chi connectivity index (χ4v) is 7.36. The molecular formula is C25H32O7. The van der Waals surface area contributed by atoms with Gasteiger partial charge < -0.3 is 14.6 Å². The lowest BCUT2D eigenvalue weighted by Gasteiger charge is -2.60. The van der Waals surface area contributed by atoms with Crippen LogP contribution in [0.2, 0.25) is 0 Å². The van der Waals surface area contributed by atoms with Gasteiger partial charge in [-0.1, -0.05) is 25.5 Å². The van der Waals surface area contributed by atoms with Crippen molar-refractivity contribution in [3.8, 4) is 0 Å². The van der Waals surface area contributed by atoms with Gasteiger partial charge in [-0.3, -0.25) is 19.2 Å². The van der Waals surface area contributed by atoms with E-state index >= 15 is 0 Å². The molecule has 0 bridgehead atoms. The number of carbonyl (C=O) groups excluding carboxylic acids is 4. The minimum absolute atomic E-state index is 0.0214. The summed E-state index contributed by atoms with van der Waals surface area (Å²) in [7, 11) is 0. The van der Waals surface area contributed by atoms with Gasteiger partial charge in [0, 0.05) is 30.6 Å². The number of ether oxygens (including phenoxy) is 2. The van der Waals surface area contributed by atoms with E-state index in [4.69, 9.17) is 9.47 Å². The molecule has 4 unspecified atom stereocenters. The lowest BCUT2D eigenvalue weighted by Crippen LogP contribution is -2.62. The number of fused-ring (bicyclic) bond motifs is 5. The Morgan fingerprint density at radius 1 is 1.16 bits per heavy atom. The first-order valence-electron chi connectivity index (χ1n) is 11.4. The third-order valence-electron chi connectivity index (χ3n) is 8.81. The van der Waals surface area contributed by atoms with Crippen molar-refractivity contribution in [1.82, 2.24) is 0 Å². The number of hydrogen-bond donors (Lipinski definition) is 1. The van der Waals surface area contributed by atoms with Crippen molar-refractivity contribution in [2.24, 2.45) is 28.6 Å². The van der Waals surface area contributed by atoms with E-state index < -0.39 is 46.9 Å². The first kappa shape index (κ1) is 22.9. The number of ketones is 2. The van der Waals surface area contributed by atoms with Crippen LogP contribution in [-0.4, -0.2) is 46.9 Å². The molecule has 174 valence electrons. The molecule has 0 aromatic rings. The van der Waals surface area contributed by atoms with Gasteiger partial charge in [-0.05, 0) is 56.1 Å². The van der Waals surface area contributed by atoms with Crippen molar-refractivity contribution < 1.29 is 33.8 Å². The second kappa shape index (κ2) is 7.65. The van der Waals surface area contributed by atoms with Crippen LogP contribution >= 0.6 is 0 Å². The van der Waals surface area contributed by atoms with Gasteiger partial charge in [0.2, 0.25) is 5.78 Å². The van der Waals surface area contributed by atoms with Crippen LogP contribution in [0, 0.1) is 28.6 Å². The zero-order valence-corrected chi connectivity index (χ0v) is 19.2. The van der Waals surface area contributed by atoms with Gasteiger partial charge in [0.25, 0.3) is 0 Å². The maximum absolute atomic E-state index is 13.1. The van der Waals surface area contributed by atoms with Crippen LogP contribution in [0.15, 0.2) is 23.8 Å². The SMILES string of the molecule is CC(=O)OCC(=O)[C@@]1(O)CCC2C3CCC4=CC(=O)C=C[C@]4(C)C3C(OC(C)=O)C[C@@]21C. The van der Waals surface area contributed by atoms with Gasteiger partial charge in [0.15, 0.2) is 12.4 Å². The summed E-state index contributed by atoms with van der Waals surface area (Å²) in [6, 6.07) is 0. The summed E-state index contributed by atoms with van der Waals surface area (Å²) in [4.78, 5) is 48.4. The Kier molecular flexibility index (Phi) is 5.47. The number of allylic oxidation sites excluding steroid dienone is 4. The van der Waals surface area contributed by atoms with Crippen LogP contribution < -0.4 is 0 Å². The van der Waals surface area contributed by atoms with Gasteiger partial charge in [-0.2, -0.15) is 0 Å². The number of esters is 2. The molecule has 7 heteroatoms. The number of Topliss-reactive ketones (excluding diaryl/α,β-unsaturated/α-hetero) is 1. The number of aliphatic hydroxyl groups is 1. The largest absolute Gasteiger partial charge is 0.462 e. The third-order valence-corrected chi connectivity index (χ3v) is 8.81. The molecule has 7 nitrogen and oxygen atoms in total. The molecule has 0 spiro atoms. The molecule has 7 atom stereocenters. The summed E-state index contributed by atoms with van der Waals surface area (Å²) in [5, 5.41) is 11.6. The normalized spacial score (nSPS) is 42.3. The third kappa shape index (κ3) is 3.28. The predicted molar refractivity (Wildman–Crippen MR) is 114 cm³/mol. The molecule has 3 fully saturated rings. The van der Waals surface area contributed by atoms with Crippen molar-refractivity contribution in [3.63, 3.8) is 0 Å². The maximum atomic E-state index is 13.1. The van der Waals surface area contributed by atoms with Crippen molar-refractivity contribution >= 4 is 23.5 Å². The summed E-state index contributed by atoms with van der Waals surface area (Å²) in [6.45, 7) is 6.16. The highest BCUT2D eigenvalue weighted by Crippen LogP contribution is 2.67. The molecule has 3 saturated carbocycles. The molecule has 4 rings (SSSR count). The zero-order chi connectivity index (χ0) is 23.5. The topological polar surface area (TPSA) is 107 Å². The van der Waals surface area contributed by atoms with E-state index in [9.17, 15) is 24.3 Å². The fourth-order valence-electron chi connectivity index (χ4n) is 7.36. The molecule has 0 aromatic carbocycles. The van der Waals surface area contributed by atoms with Crippen LogP contribution in [0.1, 0.15) is 59.8 Å². The number of hydrogen-bond acceptors (Lipinski definition) is 7. The second-order valence-corrected chi connectivity index (χ2v) is 10.4. The van der Waals surface area contributed by atoms with Gasteiger partial charge in [-0.25, -0.2) is 0 Å². The van der Waals surface area contributed by atoms with E-state index in [2.05, 4.69) is 6.92 Å². The minimum atomic E-state index is -1.65. The lowest BCUT2D eigenvalue weighted by atomic mass is 9.46. The molecule has 0 saturated heterocycles. The molecular weight excluding hydrogens is 412 g/mol. The summed E-state index contributed by atoms with van der Waals surface area (Å²) >= 11 is 0. The van der Waals surface area contributed by atoms with Crippen molar-refractivity contribution in [2.75, 3.05) is 6.61 Å². The molecule has 0 radical (unpaired) electrons. The average molecular weight is 445 g/mol. The molecule has 0 aromatic heterocycles. The first-order chi connectivity index (χ1) is 14.9. The summed E-state index contributed by atoms with van der Waals surface area (Å²) in [5.41, 5.74) is -1.81. The highest BCUT2D eigenvalue weighted by molar-refractivity contribution is 6.01. The highest BCUT2D eigenvalue weighted by atomic mass is 16.5. The van der Waals surface area contributed by atoms with Crippen LogP contribution in [-0.2, 0) is 28.7 Å².